The van der Waals surface area contributed by atoms with Crippen molar-refractivity contribution in [1.29, 1.82) is 0 Å². The average molecular weight is 324 g/mol. The van der Waals surface area contributed by atoms with Gasteiger partial charge in [0.05, 0.1) is 0 Å². The lowest BCUT2D eigenvalue weighted by Gasteiger charge is -2.24. The van der Waals surface area contributed by atoms with Crippen LogP contribution in [0, 0.1) is 11.6 Å². The largest absolute Gasteiger partial charge is 0.326 e. The number of thioether (sulfide) groups is 1. The van der Waals surface area contributed by atoms with E-state index in [-0.39, 0.29) is 18.2 Å². The van der Waals surface area contributed by atoms with Gasteiger partial charge in [-0.15, -0.1) is 0 Å². The molecule has 1 unspecified atom stereocenters. The second kappa shape index (κ2) is 6.84. The van der Waals surface area contributed by atoms with Gasteiger partial charge >= 0.3 is 0 Å². The Hall–Kier alpha value is -0.700. The zero-order valence-electron chi connectivity index (χ0n) is 11.6. The second-order valence-electron chi connectivity index (χ2n) is 4.42. The minimum atomic E-state index is -4.10. The molecule has 1 aromatic rings. The minimum Gasteiger partial charge on any atom is -0.326 e. The molecule has 1 aromatic carbocycles. The van der Waals surface area contributed by atoms with Crippen molar-refractivity contribution < 1.29 is 17.2 Å². The molecule has 20 heavy (non-hydrogen) atoms. The summed E-state index contributed by atoms with van der Waals surface area (Å²) >= 11 is 1.47. The molecule has 0 fully saturated rings. The van der Waals surface area contributed by atoms with Crippen LogP contribution in [-0.2, 0) is 16.6 Å². The Morgan fingerprint density at radius 1 is 1.40 bits per heavy atom. The molecule has 0 spiro atoms. The van der Waals surface area contributed by atoms with Crippen LogP contribution in [0.25, 0.3) is 0 Å². The van der Waals surface area contributed by atoms with E-state index in [2.05, 4.69) is 0 Å². The van der Waals surface area contributed by atoms with Gasteiger partial charge < -0.3 is 5.73 Å². The lowest BCUT2D eigenvalue weighted by atomic mass is 10.2. The third-order valence-corrected chi connectivity index (χ3v) is 5.76. The normalized spacial score (nSPS) is 13.8. The van der Waals surface area contributed by atoms with Crippen LogP contribution in [0.4, 0.5) is 8.78 Å². The molecule has 0 bridgehead atoms. The van der Waals surface area contributed by atoms with Crippen molar-refractivity contribution in [3.8, 4) is 0 Å². The lowest BCUT2D eigenvalue weighted by Crippen LogP contribution is -2.37. The van der Waals surface area contributed by atoms with E-state index < -0.39 is 26.6 Å². The minimum absolute atomic E-state index is 0.0657. The van der Waals surface area contributed by atoms with Crippen molar-refractivity contribution in [3.63, 3.8) is 0 Å². The zero-order chi connectivity index (χ0) is 15.5. The smallest absolute Gasteiger partial charge is 0.246 e. The molecule has 0 heterocycles. The fraction of sp³-hybridized carbons (Fsp3) is 0.500. The topological polar surface area (TPSA) is 63.4 Å². The monoisotopic (exact) mass is 324 g/mol. The molecule has 0 radical (unpaired) electrons. The Labute approximate surface area is 122 Å². The van der Waals surface area contributed by atoms with Crippen molar-refractivity contribution in [2.75, 3.05) is 19.1 Å². The Kier molecular flexibility index (Phi) is 5.93. The summed E-state index contributed by atoms with van der Waals surface area (Å²) < 4.78 is 53.0. The highest BCUT2D eigenvalue weighted by Gasteiger charge is 2.29. The average Bonchev–Trinajstić information content (AvgIpc) is 2.40. The Balaban J connectivity index is 3.31. The molecule has 0 aliphatic rings. The maximum Gasteiger partial charge on any atom is 0.246 e. The van der Waals surface area contributed by atoms with Crippen LogP contribution in [0.15, 0.2) is 17.0 Å². The fourth-order valence-corrected chi connectivity index (χ4v) is 3.94. The van der Waals surface area contributed by atoms with Crippen molar-refractivity contribution in [2.45, 2.75) is 24.4 Å². The third kappa shape index (κ3) is 3.49. The fourth-order valence-electron chi connectivity index (χ4n) is 1.66. The number of nitrogens with zero attached hydrogens (tertiary/aromatic N) is 1. The summed E-state index contributed by atoms with van der Waals surface area (Å²) in [6.45, 7) is 1.64. The van der Waals surface area contributed by atoms with Gasteiger partial charge in [-0.05, 0) is 30.9 Å². The van der Waals surface area contributed by atoms with E-state index in [0.29, 0.717) is 5.75 Å². The van der Waals surface area contributed by atoms with Crippen LogP contribution < -0.4 is 5.73 Å². The predicted molar refractivity (Wildman–Crippen MR) is 77.0 cm³/mol. The molecular formula is C12H18F2N2O2S2. The van der Waals surface area contributed by atoms with Gasteiger partial charge in [0.15, 0.2) is 11.6 Å². The summed E-state index contributed by atoms with van der Waals surface area (Å²) in [6.07, 6.45) is 1.84. The second-order valence-corrected chi connectivity index (χ2v) is 7.30. The van der Waals surface area contributed by atoms with Crippen LogP contribution in [-0.4, -0.2) is 37.8 Å². The molecule has 1 rings (SSSR count). The van der Waals surface area contributed by atoms with Crippen molar-refractivity contribution in [1.82, 2.24) is 4.31 Å². The van der Waals surface area contributed by atoms with Crippen LogP contribution >= 0.6 is 11.8 Å². The summed E-state index contributed by atoms with van der Waals surface area (Å²) in [5, 5.41) is 0. The summed E-state index contributed by atoms with van der Waals surface area (Å²) in [5.74, 6) is -2.03. The molecule has 0 amide bonds. The molecule has 1 atom stereocenters. The quantitative estimate of drug-likeness (QED) is 0.866. The predicted octanol–water partition coefficient (Wildman–Crippen LogP) is 1.80. The van der Waals surface area contributed by atoms with Gasteiger partial charge in [-0.25, -0.2) is 17.2 Å². The van der Waals surface area contributed by atoms with Crippen LogP contribution in [0.5, 0.6) is 0 Å². The maximum atomic E-state index is 13.8. The number of hydrogen-bond acceptors (Lipinski definition) is 4. The van der Waals surface area contributed by atoms with Crippen molar-refractivity contribution in [3.05, 3.63) is 29.3 Å². The van der Waals surface area contributed by atoms with Crippen molar-refractivity contribution in [2.24, 2.45) is 5.73 Å². The van der Waals surface area contributed by atoms with E-state index in [9.17, 15) is 17.2 Å². The Morgan fingerprint density at radius 2 is 2.00 bits per heavy atom. The van der Waals surface area contributed by atoms with E-state index in [1.54, 1.807) is 6.92 Å². The van der Waals surface area contributed by atoms with Gasteiger partial charge in [0.2, 0.25) is 10.0 Å². The van der Waals surface area contributed by atoms with E-state index in [1.165, 1.54) is 18.8 Å². The first kappa shape index (κ1) is 17.4. The zero-order valence-corrected chi connectivity index (χ0v) is 13.2. The first-order valence-electron chi connectivity index (χ1n) is 5.90. The number of nitrogens with two attached hydrogens (primary N) is 1. The number of benzene rings is 1. The molecule has 0 saturated heterocycles. The number of hydrogen-bond donors (Lipinski definition) is 1. The summed E-state index contributed by atoms with van der Waals surface area (Å²) in [5.41, 5.74) is 5.59. The van der Waals surface area contributed by atoms with Gasteiger partial charge in [0.25, 0.3) is 0 Å². The molecule has 114 valence electrons. The molecular weight excluding hydrogens is 306 g/mol. The third-order valence-electron chi connectivity index (χ3n) is 2.98. The first-order valence-corrected chi connectivity index (χ1v) is 8.74. The Bertz CT molecular complexity index is 579. The van der Waals surface area contributed by atoms with Gasteiger partial charge in [-0.1, -0.05) is 0 Å². The van der Waals surface area contributed by atoms with Gasteiger partial charge in [-0.3, -0.25) is 0 Å². The Morgan fingerprint density at radius 3 is 2.50 bits per heavy atom. The highest BCUT2D eigenvalue weighted by Crippen LogP contribution is 2.24. The van der Waals surface area contributed by atoms with Crippen LogP contribution in [0.2, 0.25) is 0 Å². The summed E-state index contributed by atoms with van der Waals surface area (Å²) in [7, 11) is -2.75. The number of halogens is 2. The SMILES string of the molecule is CSCC(C)N(C)S(=O)(=O)c1cc(CN)cc(F)c1F. The summed E-state index contributed by atoms with van der Waals surface area (Å²) in [4.78, 5) is -0.673. The molecule has 0 aliphatic heterocycles. The van der Waals surface area contributed by atoms with Gasteiger partial charge in [-0.2, -0.15) is 16.1 Å². The standard InChI is InChI=1S/C12H18F2N2O2S2/c1-8(7-19-3)16(2)20(17,18)11-5-9(6-15)4-10(13)12(11)14/h4-5,8H,6-7,15H2,1-3H3. The van der Waals surface area contributed by atoms with Gasteiger partial charge in [0, 0.05) is 25.4 Å². The molecule has 4 nitrogen and oxygen atoms in total. The van der Waals surface area contributed by atoms with E-state index in [1.807, 2.05) is 6.26 Å². The van der Waals surface area contributed by atoms with E-state index in [4.69, 9.17) is 5.73 Å². The van der Waals surface area contributed by atoms with E-state index >= 15 is 0 Å². The number of rotatable bonds is 6. The molecule has 8 heteroatoms. The first-order chi connectivity index (χ1) is 9.25. The molecule has 0 aliphatic carbocycles. The van der Waals surface area contributed by atoms with Gasteiger partial charge in [0.1, 0.15) is 4.90 Å². The summed E-state index contributed by atoms with van der Waals surface area (Å²) in [6, 6.07) is 1.65. The highest BCUT2D eigenvalue weighted by atomic mass is 32.2. The lowest BCUT2D eigenvalue weighted by molar-refractivity contribution is 0.407. The molecule has 0 saturated carbocycles. The van der Waals surface area contributed by atoms with Crippen molar-refractivity contribution >= 4 is 21.8 Å². The maximum absolute atomic E-state index is 13.8. The van der Waals surface area contributed by atoms with Crippen LogP contribution in [0.3, 0.4) is 0 Å². The molecule has 2 N–H and O–H groups in total. The van der Waals surface area contributed by atoms with E-state index in [0.717, 1.165) is 16.4 Å². The number of sulfonamides is 1. The molecule has 0 aromatic heterocycles. The highest BCUT2D eigenvalue weighted by molar-refractivity contribution is 7.98. The van der Waals surface area contributed by atoms with Crippen LogP contribution in [0.1, 0.15) is 12.5 Å².